The summed E-state index contributed by atoms with van der Waals surface area (Å²) in [5.41, 5.74) is 8.88. The van der Waals surface area contributed by atoms with Gasteiger partial charge in [0.25, 0.3) is 5.91 Å². The number of aromatic nitrogens is 1. The topological polar surface area (TPSA) is 121 Å². The van der Waals surface area contributed by atoms with Crippen molar-refractivity contribution in [1.82, 2.24) is 10.4 Å². The number of nitrogens with one attached hydrogen (secondary N) is 1. The van der Waals surface area contributed by atoms with Gasteiger partial charge in [0, 0.05) is 5.56 Å². The second kappa shape index (κ2) is 7.28. The fraction of sp³-hybridized carbons (Fsp3) is 0.154. The number of carbonyl (C=O) groups excluding carboxylic acids is 1. The van der Waals surface area contributed by atoms with Crippen LogP contribution in [0, 0.1) is 0 Å². The number of aryl methyl sites for hydroxylation is 1. The molecule has 0 fully saturated rings. The molecule has 1 aromatic heterocycles. The molecule has 0 aliphatic rings. The summed E-state index contributed by atoms with van der Waals surface area (Å²) in [7, 11) is 0. The first-order valence-electron chi connectivity index (χ1n) is 6.33. The van der Waals surface area contributed by atoms with Crippen LogP contribution in [0.1, 0.15) is 27.9 Å². The lowest BCUT2D eigenvalue weighted by Crippen LogP contribution is -2.17. The highest BCUT2D eigenvalue weighted by atomic mass is 79.9. The molecule has 1 heterocycles. The molecule has 0 atom stereocenters. The zero-order valence-corrected chi connectivity index (χ0v) is 15.8. The number of hydrogen-bond acceptors (Lipinski definition) is 7. The largest absolute Gasteiger partial charge is 0.506 e. The van der Waals surface area contributed by atoms with Gasteiger partial charge in [0.1, 0.15) is 20.8 Å². The number of halogens is 2. The molecule has 0 aliphatic heterocycles. The van der Waals surface area contributed by atoms with Gasteiger partial charge in [-0.05, 0) is 44.3 Å². The Bertz CT molecular complexity index is 792. The number of benzene rings is 1. The van der Waals surface area contributed by atoms with Crippen molar-refractivity contribution in [3.8, 4) is 11.5 Å². The normalized spacial score (nSPS) is 11.1. The van der Waals surface area contributed by atoms with Crippen LogP contribution in [0.2, 0.25) is 0 Å². The van der Waals surface area contributed by atoms with Gasteiger partial charge >= 0.3 is 0 Å². The average molecular weight is 464 g/mol. The molecule has 1 aromatic carbocycles. The van der Waals surface area contributed by atoms with Crippen LogP contribution in [0.4, 0.5) is 5.13 Å². The Kier molecular flexibility index (Phi) is 5.60. The third kappa shape index (κ3) is 3.82. The highest BCUT2D eigenvalue weighted by Crippen LogP contribution is 2.40. The van der Waals surface area contributed by atoms with Crippen LogP contribution in [-0.2, 0) is 6.42 Å². The SMILES string of the molecule is CCc1nc(N)sc1C(=O)N/N=C/c1cc(Br)c(O)c(Br)c1O. The molecule has 2 aromatic rings. The average Bonchev–Trinajstić information content (AvgIpc) is 2.91. The van der Waals surface area contributed by atoms with E-state index in [0.717, 1.165) is 11.3 Å². The van der Waals surface area contributed by atoms with Crippen molar-refractivity contribution in [3.63, 3.8) is 0 Å². The second-order valence-corrected chi connectivity index (χ2v) is 7.02. The first-order valence-corrected chi connectivity index (χ1v) is 8.73. The number of nitrogens with zero attached hydrogens (tertiary/aromatic N) is 2. The van der Waals surface area contributed by atoms with Gasteiger partial charge < -0.3 is 15.9 Å². The molecule has 0 spiro atoms. The van der Waals surface area contributed by atoms with E-state index >= 15 is 0 Å². The van der Waals surface area contributed by atoms with Crippen molar-refractivity contribution in [1.29, 1.82) is 0 Å². The van der Waals surface area contributed by atoms with E-state index in [4.69, 9.17) is 5.73 Å². The van der Waals surface area contributed by atoms with E-state index in [0.29, 0.717) is 32.2 Å². The van der Waals surface area contributed by atoms with E-state index in [1.807, 2.05) is 6.92 Å². The quantitative estimate of drug-likeness (QED) is 0.410. The van der Waals surface area contributed by atoms with Crippen LogP contribution < -0.4 is 11.2 Å². The molecule has 0 radical (unpaired) electrons. The second-order valence-electron chi connectivity index (χ2n) is 4.34. The van der Waals surface area contributed by atoms with Gasteiger partial charge in [-0.15, -0.1) is 0 Å². The predicted octanol–water partition coefficient (Wildman–Crippen LogP) is 2.99. The van der Waals surface area contributed by atoms with Crippen molar-refractivity contribution >= 4 is 60.5 Å². The third-order valence-electron chi connectivity index (χ3n) is 2.82. The Hall–Kier alpha value is -1.65. The molecule has 5 N–H and O–H groups in total. The van der Waals surface area contributed by atoms with E-state index in [1.54, 1.807) is 0 Å². The molecular formula is C13H12Br2N4O3S. The van der Waals surface area contributed by atoms with Crippen LogP contribution in [0.15, 0.2) is 20.1 Å². The summed E-state index contributed by atoms with van der Waals surface area (Å²) in [6, 6.07) is 1.47. The minimum absolute atomic E-state index is 0.128. The van der Waals surface area contributed by atoms with Crippen LogP contribution >= 0.6 is 43.2 Å². The van der Waals surface area contributed by atoms with E-state index in [9.17, 15) is 15.0 Å². The van der Waals surface area contributed by atoms with Gasteiger partial charge in [0.05, 0.1) is 16.4 Å². The number of thiazole rings is 1. The number of nitrogen functional groups attached to an aromatic ring is 1. The fourth-order valence-corrected chi connectivity index (χ4v) is 3.68. The number of aromatic hydroxyl groups is 2. The van der Waals surface area contributed by atoms with Crippen LogP contribution in [-0.4, -0.2) is 27.3 Å². The van der Waals surface area contributed by atoms with Gasteiger partial charge in [-0.3, -0.25) is 4.79 Å². The number of phenols is 2. The van der Waals surface area contributed by atoms with Crippen molar-refractivity contribution < 1.29 is 15.0 Å². The van der Waals surface area contributed by atoms with Gasteiger partial charge in [0.2, 0.25) is 0 Å². The Morgan fingerprint density at radius 1 is 1.48 bits per heavy atom. The van der Waals surface area contributed by atoms with Crippen molar-refractivity contribution in [3.05, 3.63) is 31.1 Å². The molecule has 7 nitrogen and oxygen atoms in total. The number of rotatable bonds is 4. The molecule has 10 heteroatoms. The van der Waals surface area contributed by atoms with Gasteiger partial charge in [0.15, 0.2) is 5.13 Å². The number of carbonyl (C=O) groups is 1. The van der Waals surface area contributed by atoms with Gasteiger partial charge in [-0.1, -0.05) is 18.3 Å². The maximum atomic E-state index is 12.1. The number of hydrazone groups is 1. The minimum atomic E-state index is -0.427. The molecule has 122 valence electrons. The molecule has 23 heavy (non-hydrogen) atoms. The molecule has 0 saturated carbocycles. The lowest BCUT2D eigenvalue weighted by atomic mass is 10.2. The summed E-state index contributed by atoms with van der Waals surface area (Å²) in [5, 5.41) is 23.7. The van der Waals surface area contributed by atoms with E-state index in [-0.39, 0.29) is 16.0 Å². The first kappa shape index (κ1) is 17.7. The molecule has 1 amide bonds. The number of phenolic OH excluding ortho intramolecular Hbond substituents is 2. The number of nitrogens with two attached hydrogens (primary N) is 1. The summed E-state index contributed by atoms with van der Waals surface area (Å²) in [4.78, 5) is 16.5. The standard InChI is InChI=1S/C13H12Br2N4O3S/c1-2-7-11(23-13(16)18-7)12(22)19-17-4-5-3-6(14)10(21)8(15)9(5)20/h3-4,20-21H,2H2,1H3,(H2,16,18)(H,19,22)/b17-4+. The van der Waals surface area contributed by atoms with Crippen LogP contribution in [0.25, 0.3) is 0 Å². The lowest BCUT2D eigenvalue weighted by molar-refractivity contribution is 0.0958. The van der Waals surface area contributed by atoms with Crippen LogP contribution in [0.3, 0.4) is 0 Å². The summed E-state index contributed by atoms with van der Waals surface area (Å²) in [5.74, 6) is -0.750. The maximum absolute atomic E-state index is 12.1. The predicted molar refractivity (Wildman–Crippen MR) is 96.1 cm³/mol. The molecule has 2 rings (SSSR count). The molecule has 0 bridgehead atoms. The van der Waals surface area contributed by atoms with Crippen molar-refractivity contribution in [2.24, 2.45) is 5.10 Å². The monoisotopic (exact) mass is 462 g/mol. The number of hydrogen-bond donors (Lipinski definition) is 4. The Labute approximate surface area is 152 Å². The Balaban J connectivity index is 2.17. The van der Waals surface area contributed by atoms with Crippen molar-refractivity contribution in [2.75, 3.05) is 5.73 Å². The molecule has 0 aliphatic carbocycles. The van der Waals surface area contributed by atoms with E-state index < -0.39 is 5.91 Å². The van der Waals surface area contributed by atoms with E-state index in [1.165, 1.54) is 12.3 Å². The maximum Gasteiger partial charge on any atom is 0.283 e. The Morgan fingerprint density at radius 2 is 2.17 bits per heavy atom. The zero-order chi connectivity index (χ0) is 17.1. The molecule has 0 saturated heterocycles. The number of amides is 1. The summed E-state index contributed by atoms with van der Waals surface area (Å²) < 4.78 is 0.501. The number of anilines is 1. The van der Waals surface area contributed by atoms with Crippen LogP contribution in [0.5, 0.6) is 11.5 Å². The van der Waals surface area contributed by atoms with E-state index in [2.05, 4.69) is 47.4 Å². The summed E-state index contributed by atoms with van der Waals surface area (Å²) in [6.07, 6.45) is 1.84. The van der Waals surface area contributed by atoms with Gasteiger partial charge in [-0.25, -0.2) is 10.4 Å². The minimum Gasteiger partial charge on any atom is -0.506 e. The Morgan fingerprint density at radius 3 is 2.83 bits per heavy atom. The van der Waals surface area contributed by atoms with Crippen molar-refractivity contribution in [2.45, 2.75) is 13.3 Å². The lowest BCUT2D eigenvalue weighted by Gasteiger charge is -2.06. The highest BCUT2D eigenvalue weighted by molar-refractivity contribution is 9.11. The zero-order valence-electron chi connectivity index (χ0n) is 11.8. The van der Waals surface area contributed by atoms with Gasteiger partial charge in [-0.2, -0.15) is 5.10 Å². The molecular weight excluding hydrogens is 452 g/mol. The smallest absolute Gasteiger partial charge is 0.283 e. The third-order valence-corrected chi connectivity index (χ3v) is 5.10. The summed E-state index contributed by atoms with van der Waals surface area (Å²) >= 11 is 7.30. The molecule has 0 unspecified atom stereocenters. The fourth-order valence-electron chi connectivity index (χ4n) is 1.71. The summed E-state index contributed by atoms with van der Waals surface area (Å²) in [6.45, 7) is 1.87. The highest BCUT2D eigenvalue weighted by Gasteiger charge is 2.16. The first-order chi connectivity index (χ1) is 10.8.